The topological polar surface area (TPSA) is 605 Å². The van der Waals surface area contributed by atoms with Crippen LogP contribution in [0.5, 0.6) is 46.0 Å². The molecule has 656 valence electrons. The molecular formula is C80H104N8O32. The number of rotatable bonds is 44. The average Bonchev–Trinajstić information content (AvgIpc) is 0.745. The maximum Gasteiger partial charge on any atom is 0.326 e. The normalized spacial score (nSPS) is 16.1. The van der Waals surface area contributed by atoms with Crippen molar-refractivity contribution in [2.45, 2.75) is 179 Å². The van der Waals surface area contributed by atoms with Crippen molar-refractivity contribution in [2.75, 3.05) is 56.9 Å². The number of aliphatic carboxylic acids is 8. The second-order valence-electron chi connectivity index (χ2n) is 29.5. The van der Waals surface area contributed by atoms with E-state index in [2.05, 4.69) is 42.5 Å². The first-order chi connectivity index (χ1) is 56.3. The molecule has 8 amide bonds. The molecule has 120 heavy (non-hydrogen) atoms. The van der Waals surface area contributed by atoms with Crippen LogP contribution in [0.2, 0.25) is 0 Å². The van der Waals surface area contributed by atoms with Crippen molar-refractivity contribution >= 4 is 95.0 Å². The minimum absolute atomic E-state index is 0.0125. The zero-order chi connectivity index (χ0) is 90.3. The molecule has 1 aliphatic rings. The van der Waals surface area contributed by atoms with E-state index >= 15 is 19.2 Å². The van der Waals surface area contributed by atoms with Gasteiger partial charge >= 0.3 is 47.8 Å². The number of ether oxygens (including phenoxy) is 8. The number of amides is 8. The number of carboxylic acid groups (broad SMARTS) is 8. The molecule has 16 N–H and O–H groups in total. The third kappa shape index (κ3) is 25.4. The third-order valence-electron chi connectivity index (χ3n) is 19.9. The SMILES string of the molecule is COc1cc(OC)c2cc1C(CC(=O)N[C@@H](C(=O)N[C@H](CC(=O)O)C(=O)O)C(C)C)c1cc(c(OC)cc1OC)C(CC(=O)N[C@@H](C(=O)N[C@H](CC(=O)O)C(=O)O)C(C)C)c1cc(c(OC)cc1OC)C(CC(=O)N[C@@H](C(=O)N[C@H](CC(=O)O)C(=O)O)C(C)C)c1cc(c(OC)cc1OC)C2CC(=O)N[C@@H](C(=O)N[C@H](CC(=O)O)C(=O)O)C(C)C. The smallest absolute Gasteiger partial charge is 0.326 e. The molecule has 0 aliphatic heterocycles. The van der Waals surface area contributed by atoms with E-state index in [1.165, 1.54) is 161 Å². The molecule has 8 atom stereocenters. The van der Waals surface area contributed by atoms with E-state index < -0.39 is 242 Å². The van der Waals surface area contributed by atoms with Gasteiger partial charge in [0.15, 0.2) is 0 Å². The Balaban J connectivity index is 2.16. The predicted molar refractivity (Wildman–Crippen MR) is 418 cm³/mol. The monoisotopic (exact) mass is 1690 g/mol. The molecule has 0 spiro atoms. The zero-order valence-electron chi connectivity index (χ0n) is 68.9. The molecular weight excluding hydrogens is 1580 g/mol. The molecule has 0 saturated heterocycles. The van der Waals surface area contributed by atoms with Crippen LogP contribution in [-0.4, -0.2) is 241 Å². The lowest BCUT2D eigenvalue weighted by atomic mass is 9.77. The molecule has 40 heteroatoms. The van der Waals surface area contributed by atoms with Crippen molar-refractivity contribution in [2.24, 2.45) is 23.7 Å². The molecule has 4 aromatic carbocycles. The van der Waals surface area contributed by atoms with Gasteiger partial charge in [-0.2, -0.15) is 0 Å². The highest BCUT2D eigenvalue weighted by Gasteiger charge is 2.42. The van der Waals surface area contributed by atoms with Gasteiger partial charge in [0.1, 0.15) is 94.3 Å². The van der Waals surface area contributed by atoms with Gasteiger partial charge in [-0.25, -0.2) is 19.2 Å². The number of methoxy groups -OCH3 is 8. The molecule has 0 radical (unpaired) electrons. The Bertz CT molecular complexity index is 3850. The first kappa shape index (κ1) is 97.4. The number of fused-ring (bicyclic) bond motifs is 8. The van der Waals surface area contributed by atoms with E-state index in [-0.39, 0.29) is 90.5 Å². The zero-order valence-corrected chi connectivity index (χ0v) is 68.9. The van der Waals surface area contributed by atoms with Crippen molar-refractivity contribution < 1.29 is 155 Å². The Morgan fingerprint density at radius 2 is 0.392 bits per heavy atom. The first-order valence-corrected chi connectivity index (χ1v) is 37.5. The van der Waals surface area contributed by atoms with Gasteiger partial charge in [-0.15, -0.1) is 0 Å². The summed E-state index contributed by atoms with van der Waals surface area (Å²) in [5.74, 6) is -32.3. The van der Waals surface area contributed by atoms with Crippen molar-refractivity contribution in [3.05, 3.63) is 93.0 Å². The first-order valence-electron chi connectivity index (χ1n) is 37.5. The molecule has 0 heterocycles. The summed E-state index contributed by atoms with van der Waals surface area (Å²) in [6.07, 6.45) is -7.55. The van der Waals surface area contributed by atoms with Crippen molar-refractivity contribution in [3.63, 3.8) is 0 Å². The fourth-order valence-corrected chi connectivity index (χ4v) is 13.9. The Morgan fingerprint density at radius 3 is 0.500 bits per heavy atom. The largest absolute Gasteiger partial charge is 0.496 e. The number of carboxylic acids is 8. The number of benzene rings is 4. The Hall–Kier alpha value is -13.2. The summed E-state index contributed by atoms with van der Waals surface area (Å²) in [4.78, 5) is 216. The van der Waals surface area contributed by atoms with Crippen molar-refractivity contribution in [1.82, 2.24) is 42.5 Å². The summed E-state index contributed by atoms with van der Waals surface area (Å²) in [5.41, 5.74) is -0.100. The van der Waals surface area contributed by atoms with E-state index in [0.717, 1.165) is 0 Å². The van der Waals surface area contributed by atoms with Crippen LogP contribution in [0.3, 0.4) is 0 Å². The molecule has 40 nitrogen and oxygen atoms in total. The number of hydrogen-bond donors (Lipinski definition) is 16. The summed E-state index contributed by atoms with van der Waals surface area (Å²) >= 11 is 0. The molecule has 1 aliphatic carbocycles. The van der Waals surface area contributed by atoms with E-state index in [9.17, 15) is 98.4 Å². The summed E-state index contributed by atoms with van der Waals surface area (Å²) in [5, 5.41) is 98.0. The molecule has 0 saturated carbocycles. The summed E-state index contributed by atoms with van der Waals surface area (Å²) in [6.45, 7) is 11.9. The molecule has 8 bridgehead atoms. The number of hydrogen-bond acceptors (Lipinski definition) is 24. The van der Waals surface area contributed by atoms with E-state index in [1.54, 1.807) is 0 Å². The van der Waals surface area contributed by atoms with Crippen LogP contribution in [0.4, 0.5) is 0 Å². The van der Waals surface area contributed by atoms with Crippen molar-refractivity contribution in [3.8, 4) is 46.0 Å². The minimum Gasteiger partial charge on any atom is -0.496 e. The highest BCUT2D eigenvalue weighted by Crippen LogP contribution is 2.53. The van der Waals surface area contributed by atoms with Gasteiger partial charge in [0.25, 0.3) is 0 Å². The van der Waals surface area contributed by atoms with Gasteiger partial charge in [0.05, 0.1) is 82.6 Å². The van der Waals surface area contributed by atoms with Crippen LogP contribution >= 0.6 is 0 Å². The molecule has 0 aromatic heterocycles. The standard InChI is InChI=1S/C80H104N8O32/c1-33(2)69(73(101)81-49(77(105)106)25-65(93)94)85-61(89)21-37-41-17-43(55(115-11)29-53(41)113-9)38(22-62(90)86-70(34(3)4)74(102)82-50(78(107)108)26-66(95)96)45-19-47(59(119-15)31-57(45)117-13)40(24-64(92)88-72(36(7)8)76(104)84-52(80(111)112)28-68(99)100)48-20-46(58(118-14)32-60(48)120-16)39(44-18-42(37)54(114-10)30-56(44)116-12)23-63(91)87-71(35(5)6)75(103)83-51(79(109)110)27-67(97)98/h17-20,29-40,49-52,69-72H,21-28H2,1-16H3,(H,81,101)(H,82,102)(H,83,103)(H,84,104)(H,85,89)(H,86,90)(H,87,91)(H,88,92)(H,93,94)(H,95,96)(H,97,98)(H,99,100)(H,105,106)(H,107,108)(H,109,110)(H,111,112)/t37?,38?,39?,40?,49-,50-,51-,52-,69-,70-,71-,72-/m1/s1. The van der Waals surface area contributed by atoms with Crippen LogP contribution < -0.4 is 80.4 Å². The quantitative estimate of drug-likeness (QED) is 0.0303. The van der Waals surface area contributed by atoms with Gasteiger partial charge in [0, 0.05) is 118 Å². The summed E-state index contributed by atoms with van der Waals surface area (Å²) < 4.78 is 49.6. The van der Waals surface area contributed by atoms with Gasteiger partial charge in [-0.05, 0) is 47.9 Å². The highest BCUT2D eigenvalue weighted by molar-refractivity contribution is 5.96. The van der Waals surface area contributed by atoms with Crippen LogP contribution in [0.1, 0.15) is 175 Å². The Kier molecular flexibility index (Phi) is 35.6. The van der Waals surface area contributed by atoms with Crippen LogP contribution in [0, 0.1) is 23.7 Å². The average molecular weight is 1690 g/mol. The number of nitrogens with one attached hydrogen (secondary N) is 8. The molecule has 5 rings (SSSR count). The maximum absolute atomic E-state index is 15.6. The lowest BCUT2D eigenvalue weighted by Gasteiger charge is -2.32. The van der Waals surface area contributed by atoms with Gasteiger partial charge in [-0.1, -0.05) is 55.4 Å². The number of carbonyl (C=O) groups is 16. The second kappa shape index (κ2) is 43.8. The number of carbonyl (C=O) groups excluding carboxylic acids is 8. The predicted octanol–water partition coefficient (Wildman–Crippen LogP) is 2.90. The Morgan fingerprint density at radius 1 is 0.250 bits per heavy atom. The fourth-order valence-electron chi connectivity index (χ4n) is 13.9. The molecule has 4 aromatic rings. The van der Waals surface area contributed by atoms with Crippen LogP contribution in [0.15, 0.2) is 48.5 Å². The third-order valence-corrected chi connectivity index (χ3v) is 19.9. The van der Waals surface area contributed by atoms with Gasteiger partial charge in [-0.3, -0.25) is 57.5 Å². The summed E-state index contributed by atoms with van der Waals surface area (Å²) in [6, 6.07) is -3.24. The summed E-state index contributed by atoms with van der Waals surface area (Å²) in [7, 11) is 9.87. The Labute approximate surface area is 688 Å². The van der Waals surface area contributed by atoms with E-state index in [4.69, 9.17) is 37.9 Å². The van der Waals surface area contributed by atoms with Gasteiger partial charge < -0.3 is 121 Å². The van der Waals surface area contributed by atoms with Crippen LogP contribution in [0.25, 0.3) is 0 Å². The van der Waals surface area contributed by atoms with E-state index in [0.29, 0.717) is 0 Å². The lowest BCUT2D eigenvalue weighted by Crippen LogP contribution is -2.54. The van der Waals surface area contributed by atoms with Crippen molar-refractivity contribution in [1.29, 1.82) is 0 Å². The highest BCUT2D eigenvalue weighted by atomic mass is 16.5. The lowest BCUT2D eigenvalue weighted by molar-refractivity contribution is -0.147. The van der Waals surface area contributed by atoms with Gasteiger partial charge in [0.2, 0.25) is 47.3 Å². The molecule has 0 fully saturated rings. The maximum atomic E-state index is 15.6. The minimum atomic E-state index is -2.00. The fraction of sp³-hybridized carbons (Fsp3) is 0.500. The second-order valence-corrected chi connectivity index (χ2v) is 29.5. The van der Waals surface area contributed by atoms with Crippen LogP contribution in [-0.2, 0) is 76.7 Å². The van der Waals surface area contributed by atoms with E-state index in [1.807, 2.05) is 0 Å². The molecule has 0 unspecified atom stereocenters.